The summed E-state index contributed by atoms with van der Waals surface area (Å²) in [6, 6.07) is 7.63. The molecule has 0 aliphatic carbocycles. The van der Waals surface area contributed by atoms with E-state index in [2.05, 4.69) is 6.92 Å². The van der Waals surface area contributed by atoms with Crippen molar-refractivity contribution in [3.63, 3.8) is 0 Å². The largest absolute Gasteiger partial charge is 0.491 e. The summed E-state index contributed by atoms with van der Waals surface area (Å²) in [5.41, 5.74) is 0. The van der Waals surface area contributed by atoms with Crippen molar-refractivity contribution in [1.29, 1.82) is 0 Å². The SMILES string of the molecule is CCCOCCOc1ccc(OC[C@@H]2CO2)cc1. The van der Waals surface area contributed by atoms with Gasteiger partial charge in [0.15, 0.2) is 0 Å². The smallest absolute Gasteiger partial charge is 0.119 e. The van der Waals surface area contributed by atoms with Crippen LogP contribution in [0.4, 0.5) is 0 Å². The Labute approximate surface area is 108 Å². The maximum absolute atomic E-state index is 5.54. The van der Waals surface area contributed by atoms with Gasteiger partial charge in [-0.25, -0.2) is 0 Å². The van der Waals surface area contributed by atoms with Crippen LogP contribution in [0.25, 0.3) is 0 Å². The minimum Gasteiger partial charge on any atom is -0.491 e. The standard InChI is InChI=1S/C14H20O4/c1-2-7-15-8-9-16-12-3-5-13(6-4-12)17-10-14-11-18-14/h3-6,14H,2,7-11H2,1H3/t14-/m1/s1. The molecule has 0 radical (unpaired) electrons. The van der Waals surface area contributed by atoms with E-state index in [-0.39, 0.29) is 6.10 Å². The number of epoxide rings is 1. The van der Waals surface area contributed by atoms with E-state index in [0.29, 0.717) is 19.8 Å². The van der Waals surface area contributed by atoms with Gasteiger partial charge in [0, 0.05) is 6.61 Å². The van der Waals surface area contributed by atoms with Crippen molar-refractivity contribution in [2.24, 2.45) is 0 Å². The van der Waals surface area contributed by atoms with E-state index in [0.717, 1.165) is 31.1 Å². The van der Waals surface area contributed by atoms with Gasteiger partial charge in [-0.3, -0.25) is 0 Å². The van der Waals surface area contributed by atoms with Gasteiger partial charge in [-0.2, -0.15) is 0 Å². The number of benzene rings is 1. The van der Waals surface area contributed by atoms with Crippen LogP contribution in [-0.2, 0) is 9.47 Å². The number of rotatable bonds is 9. The Morgan fingerprint density at radius 1 is 1.06 bits per heavy atom. The molecule has 2 rings (SSSR count). The van der Waals surface area contributed by atoms with Crippen LogP contribution in [0.1, 0.15) is 13.3 Å². The normalized spacial score (nSPS) is 17.5. The Morgan fingerprint density at radius 3 is 2.33 bits per heavy atom. The van der Waals surface area contributed by atoms with Crippen LogP contribution in [0.2, 0.25) is 0 Å². The predicted octanol–water partition coefficient (Wildman–Crippen LogP) is 2.27. The second kappa shape index (κ2) is 7.24. The second-order valence-electron chi connectivity index (χ2n) is 4.20. The molecule has 1 heterocycles. The lowest BCUT2D eigenvalue weighted by Gasteiger charge is -2.08. The first kappa shape index (κ1) is 13.2. The van der Waals surface area contributed by atoms with E-state index < -0.39 is 0 Å². The topological polar surface area (TPSA) is 40.2 Å². The molecule has 0 saturated carbocycles. The lowest BCUT2D eigenvalue weighted by atomic mass is 10.3. The monoisotopic (exact) mass is 252 g/mol. The van der Waals surface area contributed by atoms with Gasteiger partial charge in [0.05, 0.1) is 13.2 Å². The van der Waals surface area contributed by atoms with Gasteiger partial charge in [-0.15, -0.1) is 0 Å². The lowest BCUT2D eigenvalue weighted by molar-refractivity contribution is 0.101. The van der Waals surface area contributed by atoms with E-state index in [1.165, 1.54) is 0 Å². The highest BCUT2D eigenvalue weighted by Crippen LogP contribution is 2.19. The van der Waals surface area contributed by atoms with Crippen LogP contribution < -0.4 is 9.47 Å². The number of ether oxygens (including phenoxy) is 4. The van der Waals surface area contributed by atoms with E-state index >= 15 is 0 Å². The highest BCUT2D eigenvalue weighted by atomic mass is 16.6. The molecular weight excluding hydrogens is 232 g/mol. The van der Waals surface area contributed by atoms with Crippen molar-refractivity contribution in [2.75, 3.05) is 33.0 Å². The van der Waals surface area contributed by atoms with E-state index in [4.69, 9.17) is 18.9 Å². The summed E-state index contributed by atoms with van der Waals surface area (Å²) in [4.78, 5) is 0. The van der Waals surface area contributed by atoms with Gasteiger partial charge in [0.25, 0.3) is 0 Å². The molecule has 0 unspecified atom stereocenters. The van der Waals surface area contributed by atoms with Gasteiger partial charge in [-0.05, 0) is 30.7 Å². The summed E-state index contributed by atoms with van der Waals surface area (Å²) >= 11 is 0. The molecule has 0 aromatic heterocycles. The fourth-order valence-corrected chi connectivity index (χ4v) is 1.45. The van der Waals surface area contributed by atoms with Gasteiger partial charge in [0.2, 0.25) is 0 Å². The second-order valence-corrected chi connectivity index (χ2v) is 4.20. The van der Waals surface area contributed by atoms with E-state index in [1.54, 1.807) is 0 Å². The van der Waals surface area contributed by atoms with Gasteiger partial charge >= 0.3 is 0 Å². The molecule has 0 spiro atoms. The molecule has 18 heavy (non-hydrogen) atoms. The summed E-state index contributed by atoms with van der Waals surface area (Å²) < 4.78 is 21.5. The number of hydrogen-bond donors (Lipinski definition) is 0. The van der Waals surface area contributed by atoms with Crippen LogP contribution in [-0.4, -0.2) is 39.1 Å². The minimum atomic E-state index is 0.289. The third-order valence-electron chi connectivity index (χ3n) is 2.51. The van der Waals surface area contributed by atoms with Gasteiger partial charge in [-0.1, -0.05) is 6.92 Å². The molecule has 1 saturated heterocycles. The molecule has 100 valence electrons. The lowest BCUT2D eigenvalue weighted by Crippen LogP contribution is -2.07. The first-order valence-corrected chi connectivity index (χ1v) is 6.43. The molecule has 0 bridgehead atoms. The maximum atomic E-state index is 5.54. The predicted molar refractivity (Wildman–Crippen MR) is 68.3 cm³/mol. The molecule has 1 aromatic carbocycles. The Bertz CT molecular complexity index is 332. The quantitative estimate of drug-likeness (QED) is 0.499. The highest BCUT2D eigenvalue weighted by molar-refractivity contribution is 5.31. The first-order chi connectivity index (χ1) is 8.88. The van der Waals surface area contributed by atoms with Crippen LogP contribution >= 0.6 is 0 Å². The average Bonchev–Trinajstić information content (AvgIpc) is 3.22. The molecular formula is C14H20O4. The Hall–Kier alpha value is -1.26. The number of hydrogen-bond acceptors (Lipinski definition) is 4. The van der Waals surface area contributed by atoms with Gasteiger partial charge in [0.1, 0.15) is 30.8 Å². The molecule has 1 aliphatic heterocycles. The summed E-state index contributed by atoms with van der Waals surface area (Å²) in [7, 11) is 0. The van der Waals surface area contributed by atoms with Crippen molar-refractivity contribution in [3.8, 4) is 11.5 Å². The third kappa shape index (κ3) is 4.94. The maximum Gasteiger partial charge on any atom is 0.119 e. The van der Waals surface area contributed by atoms with Crippen LogP contribution in [0.3, 0.4) is 0 Å². The molecule has 4 heteroatoms. The molecule has 1 aromatic rings. The van der Waals surface area contributed by atoms with Gasteiger partial charge < -0.3 is 18.9 Å². The average molecular weight is 252 g/mol. The summed E-state index contributed by atoms with van der Waals surface area (Å²) in [6.07, 6.45) is 1.33. The third-order valence-corrected chi connectivity index (χ3v) is 2.51. The zero-order valence-corrected chi connectivity index (χ0v) is 10.8. The Morgan fingerprint density at radius 2 is 1.72 bits per heavy atom. The van der Waals surface area contributed by atoms with Crippen molar-refractivity contribution in [1.82, 2.24) is 0 Å². The molecule has 0 N–H and O–H groups in total. The van der Waals surface area contributed by atoms with Crippen molar-refractivity contribution in [2.45, 2.75) is 19.4 Å². The van der Waals surface area contributed by atoms with Crippen molar-refractivity contribution in [3.05, 3.63) is 24.3 Å². The molecule has 4 nitrogen and oxygen atoms in total. The Kier molecular flexibility index (Phi) is 5.30. The zero-order chi connectivity index (χ0) is 12.6. The summed E-state index contributed by atoms with van der Waals surface area (Å²) in [6.45, 7) is 5.54. The molecule has 1 atom stereocenters. The van der Waals surface area contributed by atoms with Crippen LogP contribution in [0, 0.1) is 0 Å². The summed E-state index contributed by atoms with van der Waals surface area (Å²) in [5, 5.41) is 0. The first-order valence-electron chi connectivity index (χ1n) is 6.43. The van der Waals surface area contributed by atoms with Crippen molar-refractivity contribution >= 4 is 0 Å². The summed E-state index contributed by atoms with van der Waals surface area (Å²) in [5.74, 6) is 1.69. The molecule has 1 aliphatic rings. The van der Waals surface area contributed by atoms with Crippen LogP contribution in [0.5, 0.6) is 11.5 Å². The molecule has 0 amide bonds. The highest BCUT2D eigenvalue weighted by Gasteiger charge is 2.22. The van der Waals surface area contributed by atoms with Crippen LogP contribution in [0.15, 0.2) is 24.3 Å². The molecule has 1 fully saturated rings. The minimum absolute atomic E-state index is 0.289. The fraction of sp³-hybridized carbons (Fsp3) is 0.571. The van der Waals surface area contributed by atoms with E-state index in [9.17, 15) is 0 Å². The fourth-order valence-electron chi connectivity index (χ4n) is 1.45. The zero-order valence-electron chi connectivity index (χ0n) is 10.8. The Balaban J connectivity index is 1.63. The van der Waals surface area contributed by atoms with Crippen molar-refractivity contribution < 1.29 is 18.9 Å². The van der Waals surface area contributed by atoms with E-state index in [1.807, 2.05) is 24.3 Å².